The maximum Gasteiger partial charge on any atom is 0.407 e. The molecule has 0 aromatic heterocycles. The molecule has 0 radical (unpaired) electrons. The molecule has 1 aromatic rings. The van der Waals surface area contributed by atoms with Crippen molar-refractivity contribution in [3.05, 3.63) is 78.9 Å². The Kier molecular flexibility index (Phi) is 11.5. The standard InChI is InChI=1S/C24H31NO6/c1-5-8-19(24(3,4)20-10-12-21(26)13-11-20)9-7-15-29-17-18-31-23(28)25-14-16-30-22(27)6-2/h5-13,26H,1-2,14-18H2,3-4H3,(H,25,28)/b9-7-,19-8+. The number of rotatable bonds is 13. The molecule has 0 aliphatic heterocycles. The van der Waals surface area contributed by atoms with E-state index in [-0.39, 0.29) is 37.5 Å². The third-order valence-electron chi connectivity index (χ3n) is 4.36. The molecule has 0 fully saturated rings. The van der Waals surface area contributed by atoms with Crippen molar-refractivity contribution >= 4 is 12.1 Å². The van der Waals surface area contributed by atoms with Gasteiger partial charge in [-0.05, 0) is 23.3 Å². The van der Waals surface area contributed by atoms with E-state index in [9.17, 15) is 14.7 Å². The highest BCUT2D eigenvalue weighted by Gasteiger charge is 2.23. The highest BCUT2D eigenvalue weighted by molar-refractivity contribution is 5.81. The van der Waals surface area contributed by atoms with Crippen LogP contribution in [-0.4, -0.2) is 50.1 Å². The molecule has 1 aromatic carbocycles. The number of carbonyl (C=O) groups excluding carboxylic acids is 2. The van der Waals surface area contributed by atoms with Gasteiger partial charge in [0.1, 0.15) is 19.0 Å². The van der Waals surface area contributed by atoms with Crippen LogP contribution in [0.15, 0.2) is 73.4 Å². The molecule has 31 heavy (non-hydrogen) atoms. The lowest BCUT2D eigenvalue weighted by Crippen LogP contribution is -2.29. The van der Waals surface area contributed by atoms with E-state index in [0.717, 1.165) is 17.2 Å². The molecule has 0 bridgehead atoms. The fraction of sp³-hybridized carbons (Fsp3) is 0.333. The van der Waals surface area contributed by atoms with E-state index >= 15 is 0 Å². The molecule has 0 saturated heterocycles. The topological polar surface area (TPSA) is 94.1 Å². The van der Waals surface area contributed by atoms with Gasteiger partial charge in [-0.3, -0.25) is 0 Å². The van der Waals surface area contributed by atoms with Crippen LogP contribution < -0.4 is 5.32 Å². The average Bonchev–Trinajstić information content (AvgIpc) is 2.75. The first-order chi connectivity index (χ1) is 14.8. The fourth-order valence-electron chi connectivity index (χ4n) is 2.58. The SMILES string of the molecule is C=C/C=C(\C=C/COCCOC(=O)NCCOC(=O)C=C)C(C)(C)c1ccc(O)cc1. The number of nitrogens with one attached hydrogen (secondary N) is 1. The molecule has 7 nitrogen and oxygen atoms in total. The molecule has 0 heterocycles. The first-order valence-corrected chi connectivity index (χ1v) is 9.88. The van der Waals surface area contributed by atoms with Crippen molar-refractivity contribution in [2.75, 3.05) is 33.0 Å². The predicted octanol–water partition coefficient (Wildman–Crippen LogP) is 3.81. The van der Waals surface area contributed by atoms with Crippen LogP contribution in [-0.2, 0) is 24.4 Å². The number of allylic oxidation sites excluding steroid dienone is 4. The van der Waals surface area contributed by atoms with Crippen molar-refractivity contribution in [3.63, 3.8) is 0 Å². The lowest BCUT2D eigenvalue weighted by Gasteiger charge is -2.27. The maximum absolute atomic E-state index is 11.5. The Morgan fingerprint density at radius 3 is 2.45 bits per heavy atom. The Bertz CT molecular complexity index is 793. The molecule has 0 aliphatic carbocycles. The van der Waals surface area contributed by atoms with Crippen molar-refractivity contribution in [3.8, 4) is 5.75 Å². The van der Waals surface area contributed by atoms with Crippen LogP contribution in [0.2, 0.25) is 0 Å². The van der Waals surface area contributed by atoms with Crippen molar-refractivity contribution < 1.29 is 28.9 Å². The van der Waals surface area contributed by atoms with Crippen LogP contribution in [0, 0.1) is 0 Å². The van der Waals surface area contributed by atoms with E-state index in [1.807, 2.05) is 30.4 Å². The number of carbonyl (C=O) groups is 2. The van der Waals surface area contributed by atoms with Crippen molar-refractivity contribution in [2.24, 2.45) is 0 Å². The first kappa shape index (κ1) is 25.7. The second-order valence-electron chi connectivity index (χ2n) is 6.94. The highest BCUT2D eigenvalue weighted by atomic mass is 16.6. The zero-order valence-corrected chi connectivity index (χ0v) is 18.1. The van der Waals surface area contributed by atoms with Gasteiger partial charge in [0.25, 0.3) is 0 Å². The highest BCUT2D eigenvalue weighted by Crippen LogP contribution is 2.33. The third kappa shape index (κ3) is 9.82. The molecule has 0 atom stereocenters. The van der Waals surface area contributed by atoms with Crippen LogP contribution >= 0.6 is 0 Å². The molecule has 0 unspecified atom stereocenters. The maximum atomic E-state index is 11.5. The quantitative estimate of drug-likeness (QED) is 0.214. The fourth-order valence-corrected chi connectivity index (χ4v) is 2.58. The zero-order chi connectivity index (χ0) is 23.1. The van der Waals surface area contributed by atoms with Gasteiger partial charge in [-0.2, -0.15) is 0 Å². The zero-order valence-electron chi connectivity index (χ0n) is 18.1. The second kappa shape index (κ2) is 13.8. The van der Waals surface area contributed by atoms with E-state index < -0.39 is 12.1 Å². The smallest absolute Gasteiger partial charge is 0.407 e. The number of hydrogen-bond acceptors (Lipinski definition) is 6. The number of aromatic hydroxyl groups is 1. The summed E-state index contributed by atoms with van der Waals surface area (Å²) in [6, 6.07) is 7.11. The first-order valence-electron chi connectivity index (χ1n) is 9.88. The molecule has 7 heteroatoms. The Balaban J connectivity index is 2.35. The lowest BCUT2D eigenvalue weighted by atomic mass is 9.77. The lowest BCUT2D eigenvalue weighted by molar-refractivity contribution is -0.137. The van der Waals surface area contributed by atoms with Crippen LogP contribution in [0.1, 0.15) is 19.4 Å². The van der Waals surface area contributed by atoms with Gasteiger partial charge < -0.3 is 24.6 Å². The minimum Gasteiger partial charge on any atom is -0.508 e. The summed E-state index contributed by atoms with van der Waals surface area (Å²) >= 11 is 0. The Labute approximate surface area is 183 Å². The summed E-state index contributed by atoms with van der Waals surface area (Å²) in [5.41, 5.74) is 1.80. The van der Waals surface area contributed by atoms with Crippen molar-refractivity contribution in [1.82, 2.24) is 5.32 Å². The number of amides is 1. The summed E-state index contributed by atoms with van der Waals surface area (Å²) in [7, 11) is 0. The minimum atomic E-state index is -0.611. The van der Waals surface area contributed by atoms with Crippen molar-refractivity contribution in [1.29, 1.82) is 0 Å². The molecule has 0 aliphatic rings. The Morgan fingerprint density at radius 1 is 1.10 bits per heavy atom. The van der Waals surface area contributed by atoms with Gasteiger partial charge in [0.2, 0.25) is 0 Å². The number of phenolic OH excluding ortho intramolecular Hbond substituents is 1. The van der Waals surface area contributed by atoms with Gasteiger partial charge in [0.15, 0.2) is 0 Å². The summed E-state index contributed by atoms with van der Waals surface area (Å²) in [6.45, 7) is 12.1. The molecule has 1 rings (SSSR count). The number of alkyl carbamates (subject to hydrolysis) is 1. The van der Waals surface area contributed by atoms with Gasteiger partial charge >= 0.3 is 12.1 Å². The second-order valence-corrected chi connectivity index (χ2v) is 6.94. The van der Waals surface area contributed by atoms with Crippen LogP contribution in [0.25, 0.3) is 0 Å². The molecule has 0 saturated carbocycles. The van der Waals surface area contributed by atoms with Gasteiger partial charge in [-0.25, -0.2) is 9.59 Å². The number of hydrogen-bond donors (Lipinski definition) is 2. The van der Waals surface area contributed by atoms with E-state index in [0.29, 0.717) is 6.61 Å². The summed E-state index contributed by atoms with van der Waals surface area (Å²) in [4.78, 5) is 22.3. The van der Waals surface area contributed by atoms with E-state index in [2.05, 4.69) is 32.3 Å². The Hall–Kier alpha value is -3.32. The van der Waals surface area contributed by atoms with Gasteiger partial charge in [-0.1, -0.05) is 63.4 Å². The molecule has 1 amide bonds. The molecular weight excluding hydrogens is 398 g/mol. The van der Waals surface area contributed by atoms with E-state index in [1.54, 1.807) is 18.2 Å². The number of esters is 1. The van der Waals surface area contributed by atoms with Crippen LogP contribution in [0.5, 0.6) is 5.75 Å². The average molecular weight is 430 g/mol. The minimum absolute atomic E-state index is 0.0439. The van der Waals surface area contributed by atoms with E-state index in [1.165, 1.54) is 0 Å². The van der Waals surface area contributed by atoms with Gasteiger partial charge in [0.05, 0.1) is 19.8 Å². The molecule has 168 valence electrons. The summed E-state index contributed by atoms with van der Waals surface area (Å²) in [5, 5.41) is 12.0. The van der Waals surface area contributed by atoms with Crippen LogP contribution in [0.3, 0.4) is 0 Å². The molecule has 0 spiro atoms. The summed E-state index contributed by atoms with van der Waals surface area (Å²) < 4.78 is 15.1. The summed E-state index contributed by atoms with van der Waals surface area (Å²) in [5.74, 6) is -0.320. The number of phenols is 1. The van der Waals surface area contributed by atoms with E-state index in [4.69, 9.17) is 14.2 Å². The summed E-state index contributed by atoms with van der Waals surface area (Å²) in [6.07, 6.45) is 7.95. The number of benzene rings is 1. The Morgan fingerprint density at radius 2 is 1.81 bits per heavy atom. The molecular formula is C24H31NO6. The normalized spacial score (nSPS) is 11.7. The van der Waals surface area contributed by atoms with Gasteiger partial charge in [0, 0.05) is 11.5 Å². The molecule has 2 N–H and O–H groups in total. The number of ether oxygens (including phenoxy) is 3. The van der Waals surface area contributed by atoms with Crippen LogP contribution in [0.4, 0.5) is 4.79 Å². The predicted molar refractivity (Wildman–Crippen MR) is 120 cm³/mol. The van der Waals surface area contributed by atoms with Crippen molar-refractivity contribution in [2.45, 2.75) is 19.3 Å². The largest absolute Gasteiger partial charge is 0.508 e. The third-order valence-corrected chi connectivity index (χ3v) is 4.36. The monoisotopic (exact) mass is 429 g/mol. The van der Waals surface area contributed by atoms with Gasteiger partial charge in [-0.15, -0.1) is 0 Å².